The van der Waals surface area contributed by atoms with Gasteiger partial charge in [-0.3, -0.25) is 9.89 Å². The van der Waals surface area contributed by atoms with E-state index in [1.54, 1.807) is 25.4 Å². The molecular formula is C7H13N3O2. The Kier molecular flexibility index (Phi) is 5.64. The Morgan fingerprint density at radius 3 is 2.67 bits per heavy atom. The van der Waals surface area contributed by atoms with Crippen LogP contribution < -0.4 is 5.73 Å². The summed E-state index contributed by atoms with van der Waals surface area (Å²) >= 11 is 0. The standard InChI is InChI=1S/C5H7N3O.C2H6O/c6-5(9)8-3-1-2-7-4-8;1-2-3/h1-3H,4H2,(H2,6,9);3H,2H2,1H3. The first-order chi connectivity index (χ1) is 5.72. The number of aliphatic hydroxyl groups excluding tert-OH is 1. The molecule has 0 saturated heterocycles. The first kappa shape index (κ1) is 10.6. The highest BCUT2D eigenvalue weighted by atomic mass is 16.2. The predicted molar refractivity (Wildman–Crippen MR) is 46.7 cm³/mol. The molecule has 1 rings (SSSR count). The van der Waals surface area contributed by atoms with Crippen molar-refractivity contribution >= 4 is 12.2 Å². The molecule has 5 heteroatoms. The monoisotopic (exact) mass is 171 g/mol. The first-order valence-electron chi connectivity index (χ1n) is 3.56. The molecule has 0 aromatic carbocycles. The molecule has 1 aliphatic heterocycles. The Morgan fingerprint density at radius 2 is 2.42 bits per heavy atom. The van der Waals surface area contributed by atoms with Crippen molar-refractivity contribution in [1.82, 2.24) is 4.90 Å². The average Bonchev–Trinajstić information content (AvgIpc) is 2.07. The van der Waals surface area contributed by atoms with E-state index in [0.717, 1.165) is 0 Å². The number of primary amides is 1. The summed E-state index contributed by atoms with van der Waals surface area (Å²) in [5.74, 6) is 0. The summed E-state index contributed by atoms with van der Waals surface area (Å²) in [6, 6.07) is -0.469. The summed E-state index contributed by atoms with van der Waals surface area (Å²) in [5, 5.41) is 7.57. The van der Waals surface area contributed by atoms with Crippen LogP contribution in [0.5, 0.6) is 0 Å². The number of rotatable bonds is 0. The van der Waals surface area contributed by atoms with E-state index >= 15 is 0 Å². The van der Waals surface area contributed by atoms with Gasteiger partial charge in [-0.25, -0.2) is 4.79 Å². The predicted octanol–water partition coefficient (Wildman–Crippen LogP) is -0.0787. The second-order valence-electron chi connectivity index (χ2n) is 1.94. The number of aliphatic imine (C=N–C) groups is 1. The number of aliphatic hydroxyl groups is 1. The molecule has 68 valence electrons. The van der Waals surface area contributed by atoms with Crippen molar-refractivity contribution in [3.8, 4) is 0 Å². The van der Waals surface area contributed by atoms with Gasteiger partial charge >= 0.3 is 6.03 Å². The summed E-state index contributed by atoms with van der Waals surface area (Å²) in [7, 11) is 0. The first-order valence-corrected chi connectivity index (χ1v) is 3.56. The van der Waals surface area contributed by atoms with Gasteiger partial charge in [-0.15, -0.1) is 0 Å². The van der Waals surface area contributed by atoms with Crippen LogP contribution in [0.3, 0.4) is 0 Å². The topological polar surface area (TPSA) is 78.9 Å². The number of carbonyl (C=O) groups excluding carboxylic acids is 1. The van der Waals surface area contributed by atoms with Crippen LogP contribution in [-0.4, -0.2) is 35.5 Å². The van der Waals surface area contributed by atoms with Crippen LogP contribution in [0.4, 0.5) is 4.79 Å². The van der Waals surface area contributed by atoms with Gasteiger partial charge in [0.15, 0.2) is 0 Å². The fraction of sp³-hybridized carbons (Fsp3) is 0.429. The van der Waals surface area contributed by atoms with Crippen LogP contribution in [0.1, 0.15) is 6.92 Å². The van der Waals surface area contributed by atoms with E-state index in [0.29, 0.717) is 6.67 Å². The number of urea groups is 1. The third kappa shape index (κ3) is 4.45. The molecule has 3 N–H and O–H groups in total. The molecule has 0 saturated carbocycles. The number of amides is 2. The molecule has 0 aromatic heterocycles. The molecule has 0 unspecified atom stereocenters. The molecule has 0 spiro atoms. The van der Waals surface area contributed by atoms with Gasteiger partial charge in [0.05, 0.1) is 0 Å². The van der Waals surface area contributed by atoms with Crippen molar-refractivity contribution in [3.05, 3.63) is 12.3 Å². The van der Waals surface area contributed by atoms with Crippen LogP contribution in [0.25, 0.3) is 0 Å². The SMILES string of the molecule is CCO.NC(=O)N1C=CC=NC1. The molecule has 0 aliphatic carbocycles. The van der Waals surface area contributed by atoms with Gasteiger partial charge in [-0.1, -0.05) is 0 Å². The van der Waals surface area contributed by atoms with Crippen LogP contribution in [0.15, 0.2) is 17.3 Å². The molecule has 1 aliphatic rings. The van der Waals surface area contributed by atoms with Crippen molar-refractivity contribution < 1.29 is 9.90 Å². The highest BCUT2D eigenvalue weighted by Crippen LogP contribution is 1.92. The lowest BCUT2D eigenvalue weighted by Crippen LogP contribution is -2.32. The lowest BCUT2D eigenvalue weighted by atomic mass is 10.5. The lowest BCUT2D eigenvalue weighted by Gasteiger charge is -2.13. The molecule has 5 nitrogen and oxygen atoms in total. The average molecular weight is 171 g/mol. The van der Waals surface area contributed by atoms with E-state index in [9.17, 15) is 4.79 Å². The maximum absolute atomic E-state index is 10.4. The van der Waals surface area contributed by atoms with Gasteiger partial charge < -0.3 is 10.8 Å². The van der Waals surface area contributed by atoms with Crippen molar-refractivity contribution in [3.63, 3.8) is 0 Å². The molecule has 0 atom stereocenters. The number of hydrogen-bond donors (Lipinski definition) is 2. The van der Waals surface area contributed by atoms with Crippen molar-refractivity contribution in [1.29, 1.82) is 0 Å². The summed E-state index contributed by atoms with van der Waals surface area (Å²) in [6.07, 6.45) is 4.88. The summed E-state index contributed by atoms with van der Waals surface area (Å²) in [4.78, 5) is 15.5. The van der Waals surface area contributed by atoms with Crippen molar-refractivity contribution in [2.75, 3.05) is 13.3 Å². The van der Waals surface area contributed by atoms with Gasteiger partial charge in [-0.05, 0) is 13.0 Å². The summed E-state index contributed by atoms with van der Waals surface area (Å²) in [6.45, 7) is 2.27. The smallest absolute Gasteiger partial charge is 0.320 e. The van der Waals surface area contributed by atoms with Crippen LogP contribution >= 0.6 is 0 Å². The van der Waals surface area contributed by atoms with Gasteiger partial charge in [-0.2, -0.15) is 0 Å². The van der Waals surface area contributed by atoms with E-state index in [-0.39, 0.29) is 6.61 Å². The third-order valence-electron chi connectivity index (χ3n) is 0.975. The number of carbonyl (C=O) groups is 1. The molecular weight excluding hydrogens is 158 g/mol. The van der Waals surface area contributed by atoms with Crippen LogP contribution in [0.2, 0.25) is 0 Å². The van der Waals surface area contributed by atoms with E-state index in [2.05, 4.69) is 4.99 Å². The Balaban J connectivity index is 0.000000354. The summed E-state index contributed by atoms with van der Waals surface area (Å²) in [5.41, 5.74) is 4.93. The minimum atomic E-state index is -0.469. The number of nitrogens with two attached hydrogens (primary N) is 1. The quantitative estimate of drug-likeness (QED) is 0.534. The van der Waals surface area contributed by atoms with Crippen molar-refractivity contribution in [2.45, 2.75) is 6.92 Å². The largest absolute Gasteiger partial charge is 0.397 e. The maximum atomic E-state index is 10.4. The van der Waals surface area contributed by atoms with E-state index in [4.69, 9.17) is 10.8 Å². The second kappa shape index (κ2) is 6.36. The molecule has 1 heterocycles. The van der Waals surface area contributed by atoms with Gasteiger partial charge in [0.2, 0.25) is 0 Å². The lowest BCUT2D eigenvalue weighted by molar-refractivity contribution is 0.225. The Hall–Kier alpha value is -1.36. The Bertz CT molecular complexity index is 189. The minimum Gasteiger partial charge on any atom is -0.397 e. The highest BCUT2D eigenvalue weighted by Gasteiger charge is 2.03. The Morgan fingerprint density at radius 1 is 1.83 bits per heavy atom. The van der Waals surface area contributed by atoms with E-state index < -0.39 is 6.03 Å². The Labute approximate surface area is 71.2 Å². The maximum Gasteiger partial charge on any atom is 0.320 e. The molecule has 0 bridgehead atoms. The van der Waals surface area contributed by atoms with Gasteiger partial charge in [0.25, 0.3) is 0 Å². The number of hydrogen-bond acceptors (Lipinski definition) is 3. The molecule has 2 amide bonds. The molecule has 12 heavy (non-hydrogen) atoms. The van der Waals surface area contributed by atoms with E-state index in [1.807, 2.05) is 0 Å². The second-order valence-corrected chi connectivity index (χ2v) is 1.94. The number of nitrogens with zero attached hydrogens (tertiary/aromatic N) is 2. The number of allylic oxidation sites excluding steroid dienone is 1. The van der Waals surface area contributed by atoms with Crippen LogP contribution in [-0.2, 0) is 0 Å². The molecule has 0 radical (unpaired) electrons. The normalized spacial score (nSPS) is 13.7. The zero-order valence-corrected chi connectivity index (χ0v) is 6.97. The van der Waals surface area contributed by atoms with Gasteiger partial charge in [0.1, 0.15) is 6.67 Å². The highest BCUT2D eigenvalue weighted by molar-refractivity contribution is 5.78. The third-order valence-corrected chi connectivity index (χ3v) is 0.975. The fourth-order valence-corrected chi connectivity index (χ4v) is 0.529. The van der Waals surface area contributed by atoms with Crippen LogP contribution in [0, 0.1) is 0 Å². The zero-order valence-electron chi connectivity index (χ0n) is 6.97. The van der Waals surface area contributed by atoms with E-state index in [1.165, 1.54) is 4.90 Å². The minimum absolute atomic E-state index is 0.250. The van der Waals surface area contributed by atoms with Gasteiger partial charge in [0, 0.05) is 19.0 Å². The van der Waals surface area contributed by atoms with Crippen molar-refractivity contribution in [2.24, 2.45) is 10.7 Å². The zero-order chi connectivity index (χ0) is 9.40. The summed E-state index contributed by atoms with van der Waals surface area (Å²) < 4.78 is 0. The molecule has 0 aromatic rings. The molecule has 0 fully saturated rings. The fourth-order valence-electron chi connectivity index (χ4n) is 0.529.